The Bertz CT molecular complexity index is 485. The Labute approximate surface area is 108 Å². The lowest BCUT2D eigenvalue weighted by Crippen LogP contribution is -2.00. The van der Waals surface area contributed by atoms with Crippen LogP contribution in [0.3, 0.4) is 0 Å². The number of pyridine rings is 1. The first-order valence-electron chi connectivity index (χ1n) is 6.40. The molecule has 2 aromatic rings. The normalized spacial score (nSPS) is 10.9. The quantitative estimate of drug-likeness (QED) is 0.879. The molecule has 2 rings (SSSR count). The molecule has 2 heterocycles. The van der Waals surface area contributed by atoms with Crippen LogP contribution in [-0.2, 0) is 13.1 Å². The summed E-state index contributed by atoms with van der Waals surface area (Å²) in [6.07, 6.45) is 5.84. The monoisotopic (exact) mass is 244 g/mol. The van der Waals surface area contributed by atoms with Crippen molar-refractivity contribution in [3.05, 3.63) is 42.0 Å². The molecule has 0 fully saturated rings. The average molecular weight is 244 g/mol. The van der Waals surface area contributed by atoms with Gasteiger partial charge in [-0.1, -0.05) is 13.8 Å². The number of hydrogen-bond donors (Lipinski definition) is 1. The van der Waals surface area contributed by atoms with Gasteiger partial charge in [-0.15, -0.1) is 0 Å². The molecule has 18 heavy (non-hydrogen) atoms. The Hall–Kier alpha value is -1.84. The number of aryl methyl sites for hydroxylation is 1. The number of anilines is 1. The van der Waals surface area contributed by atoms with Crippen molar-refractivity contribution in [2.45, 2.75) is 39.8 Å². The highest BCUT2D eigenvalue weighted by Gasteiger charge is 2.01. The summed E-state index contributed by atoms with van der Waals surface area (Å²) in [5.74, 6) is 0.474. The number of aromatic nitrogens is 3. The van der Waals surface area contributed by atoms with Crippen LogP contribution in [0.25, 0.3) is 0 Å². The van der Waals surface area contributed by atoms with Gasteiger partial charge in [-0.05, 0) is 25.0 Å². The zero-order valence-corrected chi connectivity index (χ0v) is 11.2. The maximum atomic E-state index is 4.43. The van der Waals surface area contributed by atoms with E-state index in [0.29, 0.717) is 5.92 Å². The maximum absolute atomic E-state index is 4.43. The van der Waals surface area contributed by atoms with Gasteiger partial charge in [0.1, 0.15) is 0 Å². The van der Waals surface area contributed by atoms with Gasteiger partial charge >= 0.3 is 0 Å². The highest BCUT2D eigenvalue weighted by Crippen LogP contribution is 2.14. The van der Waals surface area contributed by atoms with Crippen LogP contribution in [0.15, 0.2) is 30.7 Å². The fraction of sp³-hybridized carbons (Fsp3) is 0.429. The van der Waals surface area contributed by atoms with Crippen LogP contribution in [0.5, 0.6) is 0 Å². The van der Waals surface area contributed by atoms with E-state index in [1.807, 2.05) is 17.1 Å². The van der Waals surface area contributed by atoms with Crippen molar-refractivity contribution in [2.24, 2.45) is 0 Å². The number of hydrogen-bond acceptors (Lipinski definition) is 3. The van der Waals surface area contributed by atoms with Crippen molar-refractivity contribution in [1.29, 1.82) is 0 Å². The molecule has 0 spiro atoms. The van der Waals surface area contributed by atoms with Crippen molar-refractivity contribution in [1.82, 2.24) is 14.8 Å². The molecular weight excluding hydrogens is 224 g/mol. The van der Waals surface area contributed by atoms with Crippen molar-refractivity contribution in [2.75, 3.05) is 5.32 Å². The Morgan fingerprint density at radius 3 is 2.67 bits per heavy atom. The summed E-state index contributed by atoms with van der Waals surface area (Å²) >= 11 is 0. The first-order chi connectivity index (χ1) is 8.69. The lowest BCUT2D eigenvalue weighted by Gasteiger charge is -2.07. The van der Waals surface area contributed by atoms with E-state index in [4.69, 9.17) is 0 Å². The molecule has 0 bridgehead atoms. The molecule has 0 aliphatic heterocycles. The minimum atomic E-state index is 0.474. The minimum Gasteiger partial charge on any atom is -0.380 e. The third kappa shape index (κ3) is 3.09. The second-order valence-corrected chi connectivity index (χ2v) is 4.68. The van der Waals surface area contributed by atoms with Gasteiger partial charge in [0.15, 0.2) is 0 Å². The van der Waals surface area contributed by atoms with Crippen LogP contribution in [0, 0.1) is 0 Å². The number of nitrogens with one attached hydrogen (secondary N) is 1. The van der Waals surface area contributed by atoms with Gasteiger partial charge < -0.3 is 5.32 Å². The molecule has 96 valence electrons. The molecule has 0 saturated heterocycles. The van der Waals surface area contributed by atoms with Gasteiger partial charge in [-0.25, -0.2) is 0 Å². The topological polar surface area (TPSA) is 42.7 Å². The molecule has 1 N–H and O–H groups in total. The Kier molecular flexibility index (Phi) is 3.97. The second-order valence-electron chi connectivity index (χ2n) is 4.68. The SMILES string of the molecule is CCn1cc(CNc2ccc(C(C)C)nc2)cn1. The minimum absolute atomic E-state index is 0.474. The summed E-state index contributed by atoms with van der Waals surface area (Å²) in [5, 5.41) is 7.59. The molecule has 0 saturated carbocycles. The fourth-order valence-corrected chi connectivity index (χ4v) is 1.73. The zero-order chi connectivity index (χ0) is 13.0. The molecule has 0 atom stereocenters. The summed E-state index contributed by atoms with van der Waals surface area (Å²) in [6.45, 7) is 8.06. The molecule has 0 aromatic carbocycles. The van der Waals surface area contributed by atoms with Crippen molar-refractivity contribution in [3.8, 4) is 0 Å². The van der Waals surface area contributed by atoms with E-state index in [0.717, 1.165) is 24.5 Å². The van der Waals surface area contributed by atoms with Gasteiger partial charge in [-0.2, -0.15) is 5.10 Å². The number of nitrogens with zero attached hydrogens (tertiary/aromatic N) is 3. The van der Waals surface area contributed by atoms with Crippen LogP contribution in [0.2, 0.25) is 0 Å². The largest absolute Gasteiger partial charge is 0.380 e. The van der Waals surface area contributed by atoms with Crippen LogP contribution in [-0.4, -0.2) is 14.8 Å². The van der Waals surface area contributed by atoms with E-state index in [9.17, 15) is 0 Å². The van der Waals surface area contributed by atoms with E-state index in [1.54, 1.807) is 0 Å². The predicted octanol–water partition coefficient (Wildman–Crippen LogP) is 3.03. The van der Waals surface area contributed by atoms with E-state index >= 15 is 0 Å². The standard InChI is InChI=1S/C14H20N4/c1-4-18-10-12(8-17-18)7-15-13-5-6-14(11(2)3)16-9-13/h5-6,8-11,15H,4,7H2,1-3H3. The summed E-state index contributed by atoms with van der Waals surface area (Å²) in [5.41, 5.74) is 3.35. The van der Waals surface area contributed by atoms with E-state index < -0.39 is 0 Å². The van der Waals surface area contributed by atoms with Crippen LogP contribution >= 0.6 is 0 Å². The first kappa shape index (κ1) is 12.6. The molecule has 0 unspecified atom stereocenters. The van der Waals surface area contributed by atoms with Crippen LogP contribution in [0.4, 0.5) is 5.69 Å². The molecule has 2 aromatic heterocycles. The second kappa shape index (κ2) is 5.67. The highest BCUT2D eigenvalue weighted by atomic mass is 15.3. The summed E-state index contributed by atoms with van der Waals surface area (Å²) in [4.78, 5) is 4.43. The average Bonchev–Trinajstić information content (AvgIpc) is 2.85. The molecule has 0 amide bonds. The third-order valence-corrected chi connectivity index (χ3v) is 2.89. The Balaban J connectivity index is 1.93. The highest BCUT2D eigenvalue weighted by molar-refractivity contribution is 5.41. The first-order valence-corrected chi connectivity index (χ1v) is 6.40. The maximum Gasteiger partial charge on any atom is 0.0539 e. The predicted molar refractivity (Wildman–Crippen MR) is 73.6 cm³/mol. The molecule has 0 aliphatic rings. The van der Waals surface area contributed by atoms with Gasteiger partial charge in [0.25, 0.3) is 0 Å². The molecular formula is C14H20N4. The third-order valence-electron chi connectivity index (χ3n) is 2.89. The zero-order valence-electron chi connectivity index (χ0n) is 11.2. The smallest absolute Gasteiger partial charge is 0.0539 e. The van der Waals surface area contributed by atoms with Gasteiger partial charge in [-0.3, -0.25) is 9.67 Å². The van der Waals surface area contributed by atoms with Crippen molar-refractivity contribution >= 4 is 5.69 Å². The number of rotatable bonds is 5. The molecule has 0 aliphatic carbocycles. The summed E-state index contributed by atoms with van der Waals surface area (Å²) in [7, 11) is 0. The van der Waals surface area contributed by atoms with Gasteiger partial charge in [0.2, 0.25) is 0 Å². The summed E-state index contributed by atoms with van der Waals surface area (Å²) in [6, 6.07) is 4.15. The van der Waals surface area contributed by atoms with Gasteiger partial charge in [0.05, 0.1) is 18.1 Å². The Morgan fingerprint density at radius 1 is 1.28 bits per heavy atom. The van der Waals surface area contributed by atoms with Crippen molar-refractivity contribution in [3.63, 3.8) is 0 Å². The van der Waals surface area contributed by atoms with E-state index in [1.165, 1.54) is 5.56 Å². The van der Waals surface area contributed by atoms with Crippen molar-refractivity contribution < 1.29 is 0 Å². The van der Waals surface area contributed by atoms with E-state index in [-0.39, 0.29) is 0 Å². The molecule has 4 nitrogen and oxygen atoms in total. The van der Waals surface area contributed by atoms with Crippen LogP contribution < -0.4 is 5.32 Å². The van der Waals surface area contributed by atoms with Gasteiger partial charge in [0, 0.05) is 30.5 Å². The van der Waals surface area contributed by atoms with E-state index in [2.05, 4.69) is 54.5 Å². The molecule has 0 radical (unpaired) electrons. The lowest BCUT2D eigenvalue weighted by molar-refractivity contribution is 0.659. The fourth-order valence-electron chi connectivity index (χ4n) is 1.73. The Morgan fingerprint density at radius 2 is 2.11 bits per heavy atom. The lowest BCUT2D eigenvalue weighted by atomic mass is 10.1. The van der Waals surface area contributed by atoms with Crippen LogP contribution in [0.1, 0.15) is 37.9 Å². The summed E-state index contributed by atoms with van der Waals surface area (Å²) < 4.78 is 1.93. The molecule has 4 heteroatoms.